The molecule has 2 nitrogen and oxygen atoms in total. The highest BCUT2D eigenvalue weighted by Gasteiger charge is 2.09. The number of rotatable bonds is 3. The van der Waals surface area contributed by atoms with Crippen molar-refractivity contribution >= 4 is 28.2 Å². The van der Waals surface area contributed by atoms with E-state index in [2.05, 4.69) is 10.3 Å². The van der Waals surface area contributed by atoms with E-state index >= 15 is 0 Å². The van der Waals surface area contributed by atoms with Crippen molar-refractivity contribution < 1.29 is 4.39 Å². The summed E-state index contributed by atoms with van der Waals surface area (Å²) in [5.74, 6) is -0.261. The number of fused-ring (bicyclic) bond motifs is 1. The summed E-state index contributed by atoms with van der Waals surface area (Å²) in [5, 5.41) is 4.74. The molecule has 0 aliphatic carbocycles. The van der Waals surface area contributed by atoms with Gasteiger partial charge < -0.3 is 10.3 Å². The number of aryl methyl sites for hydroxylation is 1. The highest BCUT2D eigenvalue weighted by molar-refractivity contribution is 6.36. The number of para-hydroxylation sites is 1. The zero-order chi connectivity index (χ0) is 14.1. The van der Waals surface area contributed by atoms with Crippen LogP contribution in [0, 0.1) is 12.7 Å². The van der Waals surface area contributed by atoms with E-state index in [-0.39, 0.29) is 5.82 Å². The SMILES string of the molecule is Cc1ccc(F)c(NCc2[nH]c3ccccc3c2Cl)c1. The van der Waals surface area contributed by atoms with Crippen molar-refractivity contribution in [2.75, 3.05) is 5.32 Å². The van der Waals surface area contributed by atoms with Crippen LogP contribution < -0.4 is 5.32 Å². The van der Waals surface area contributed by atoms with E-state index in [1.165, 1.54) is 6.07 Å². The first-order valence-corrected chi connectivity index (χ1v) is 6.78. The van der Waals surface area contributed by atoms with E-state index in [1.807, 2.05) is 31.2 Å². The normalized spacial score (nSPS) is 10.9. The molecule has 2 N–H and O–H groups in total. The molecule has 3 aromatic rings. The fourth-order valence-corrected chi connectivity index (χ4v) is 2.52. The van der Waals surface area contributed by atoms with Crippen molar-refractivity contribution in [2.45, 2.75) is 13.5 Å². The van der Waals surface area contributed by atoms with E-state index in [9.17, 15) is 4.39 Å². The Labute approximate surface area is 121 Å². The molecule has 0 spiro atoms. The van der Waals surface area contributed by atoms with Gasteiger partial charge in [-0.05, 0) is 30.7 Å². The Kier molecular flexibility index (Phi) is 3.36. The lowest BCUT2D eigenvalue weighted by atomic mass is 10.2. The van der Waals surface area contributed by atoms with E-state index in [0.29, 0.717) is 17.3 Å². The largest absolute Gasteiger partial charge is 0.377 e. The van der Waals surface area contributed by atoms with Crippen molar-refractivity contribution in [1.29, 1.82) is 0 Å². The highest BCUT2D eigenvalue weighted by Crippen LogP contribution is 2.28. The second kappa shape index (κ2) is 5.17. The number of halogens is 2. The summed E-state index contributed by atoms with van der Waals surface area (Å²) in [7, 11) is 0. The Morgan fingerprint density at radius 1 is 1.20 bits per heavy atom. The molecule has 0 fully saturated rings. The molecule has 0 aliphatic heterocycles. The Morgan fingerprint density at radius 2 is 2.00 bits per heavy atom. The lowest BCUT2D eigenvalue weighted by Gasteiger charge is -2.07. The number of H-pyrrole nitrogens is 1. The van der Waals surface area contributed by atoms with Crippen LogP contribution in [0.25, 0.3) is 10.9 Å². The van der Waals surface area contributed by atoms with Gasteiger partial charge in [-0.15, -0.1) is 0 Å². The molecule has 0 aliphatic rings. The molecule has 4 heteroatoms. The first-order valence-electron chi connectivity index (χ1n) is 6.40. The van der Waals surface area contributed by atoms with Crippen LogP contribution in [-0.4, -0.2) is 4.98 Å². The van der Waals surface area contributed by atoms with Crippen molar-refractivity contribution in [2.24, 2.45) is 0 Å². The maximum Gasteiger partial charge on any atom is 0.146 e. The summed E-state index contributed by atoms with van der Waals surface area (Å²) in [6, 6.07) is 12.8. The molecule has 0 amide bonds. The first kappa shape index (κ1) is 13.0. The van der Waals surface area contributed by atoms with E-state index in [4.69, 9.17) is 11.6 Å². The minimum absolute atomic E-state index is 0.261. The standard InChI is InChI=1S/C16H14ClFN2/c1-10-6-7-12(18)14(8-10)19-9-15-16(17)11-4-2-3-5-13(11)20-15/h2-8,19-20H,9H2,1H3. The monoisotopic (exact) mass is 288 g/mol. The number of anilines is 1. The number of benzene rings is 2. The average Bonchev–Trinajstić information content (AvgIpc) is 2.77. The van der Waals surface area contributed by atoms with Gasteiger partial charge in [0.2, 0.25) is 0 Å². The highest BCUT2D eigenvalue weighted by atomic mass is 35.5. The van der Waals surface area contributed by atoms with Crippen LogP contribution in [0.1, 0.15) is 11.3 Å². The molecule has 0 bridgehead atoms. The molecular weight excluding hydrogens is 275 g/mol. The quantitative estimate of drug-likeness (QED) is 0.706. The topological polar surface area (TPSA) is 27.8 Å². The number of aromatic amines is 1. The molecule has 0 saturated carbocycles. The Bertz CT molecular complexity index is 764. The van der Waals surface area contributed by atoms with Gasteiger partial charge in [0, 0.05) is 10.9 Å². The van der Waals surface area contributed by atoms with Crippen molar-refractivity contribution in [1.82, 2.24) is 4.98 Å². The summed E-state index contributed by atoms with van der Waals surface area (Å²) in [4.78, 5) is 3.25. The van der Waals surface area contributed by atoms with Gasteiger partial charge in [0.15, 0.2) is 0 Å². The van der Waals surface area contributed by atoms with Crippen LogP contribution in [0.5, 0.6) is 0 Å². The van der Waals surface area contributed by atoms with Crippen LogP contribution in [0.2, 0.25) is 5.02 Å². The summed E-state index contributed by atoms with van der Waals surface area (Å²) in [5.41, 5.74) is 3.34. The third kappa shape index (κ3) is 2.37. The molecular formula is C16H14ClFN2. The smallest absolute Gasteiger partial charge is 0.146 e. The summed E-state index contributed by atoms with van der Waals surface area (Å²) in [6.45, 7) is 2.38. The van der Waals surface area contributed by atoms with Crippen molar-refractivity contribution in [3.8, 4) is 0 Å². The average molecular weight is 289 g/mol. The number of aromatic nitrogens is 1. The van der Waals surface area contributed by atoms with Gasteiger partial charge in [-0.2, -0.15) is 0 Å². The Hall–Kier alpha value is -2.00. The second-order valence-electron chi connectivity index (χ2n) is 4.80. The van der Waals surface area contributed by atoms with Gasteiger partial charge in [0.1, 0.15) is 5.82 Å². The lowest BCUT2D eigenvalue weighted by molar-refractivity contribution is 0.629. The molecule has 3 rings (SSSR count). The van der Waals surface area contributed by atoms with Crippen LogP contribution in [-0.2, 0) is 6.54 Å². The zero-order valence-corrected chi connectivity index (χ0v) is 11.8. The third-order valence-electron chi connectivity index (χ3n) is 3.29. The van der Waals surface area contributed by atoms with Crippen LogP contribution >= 0.6 is 11.6 Å². The summed E-state index contributed by atoms with van der Waals surface area (Å²) in [6.07, 6.45) is 0. The van der Waals surface area contributed by atoms with Crippen LogP contribution in [0.4, 0.5) is 10.1 Å². The molecule has 0 unspecified atom stereocenters. The van der Waals surface area contributed by atoms with Crippen LogP contribution in [0.3, 0.4) is 0 Å². The fourth-order valence-electron chi connectivity index (χ4n) is 2.24. The van der Waals surface area contributed by atoms with Gasteiger partial charge in [-0.1, -0.05) is 35.9 Å². The fraction of sp³-hybridized carbons (Fsp3) is 0.125. The van der Waals surface area contributed by atoms with Crippen molar-refractivity contribution in [3.05, 3.63) is 64.6 Å². The maximum atomic E-state index is 13.7. The minimum atomic E-state index is -0.261. The van der Waals surface area contributed by atoms with Gasteiger partial charge in [0.05, 0.1) is 22.9 Å². The summed E-state index contributed by atoms with van der Waals surface area (Å²) < 4.78 is 13.7. The summed E-state index contributed by atoms with van der Waals surface area (Å²) >= 11 is 6.33. The van der Waals surface area contributed by atoms with Crippen molar-refractivity contribution in [3.63, 3.8) is 0 Å². The molecule has 20 heavy (non-hydrogen) atoms. The molecule has 0 radical (unpaired) electrons. The minimum Gasteiger partial charge on any atom is -0.377 e. The Balaban J connectivity index is 1.87. The predicted molar refractivity (Wildman–Crippen MR) is 81.8 cm³/mol. The van der Waals surface area contributed by atoms with Gasteiger partial charge >= 0.3 is 0 Å². The van der Waals surface area contributed by atoms with Crippen LogP contribution in [0.15, 0.2) is 42.5 Å². The van der Waals surface area contributed by atoms with Gasteiger partial charge in [0.25, 0.3) is 0 Å². The van der Waals surface area contributed by atoms with E-state index in [0.717, 1.165) is 22.2 Å². The zero-order valence-electron chi connectivity index (χ0n) is 11.0. The molecule has 0 saturated heterocycles. The first-order chi connectivity index (χ1) is 9.65. The molecule has 0 atom stereocenters. The van der Waals surface area contributed by atoms with Gasteiger partial charge in [-0.3, -0.25) is 0 Å². The third-order valence-corrected chi connectivity index (χ3v) is 3.72. The molecule has 1 aromatic heterocycles. The number of nitrogens with one attached hydrogen (secondary N) is 2. The molecule has 102 valence electrons. The molecule has 2 aromatic carbocycles. The Morgan fingerprint density at radius 3 is 2.80 bits per heavy atom. The number of hydrogen-bond donors (Lipinski definition) is 2. The predicted octanol–water partition coefficient (Wildman–Crippen LogP) is 4.88. The second-order valence-corrected chi connectivity index (χ2v) is 5.18. The van der Waals surface area contributed by atoms with E-state index < -0.39 is 0 Å². The van der Waals surface area contributed by atoms with Gasteiger partial charge in [-0.25, -0.2) is 4.39 Å². The maximum absolute atomic E-state index is 13.7. The number of hydrogen-bond acceptors (Lipinski definition) is 1. The lowest BCUT2D eigenvalue weighted by Crippen LogP contribution is -2.02. The van der Waals surface area contributed by atoms with E-state index in [1.54, 1.807) is 12.1 Å². The molecule has 1 heterocycles.